The van der Waals surface area contributed by atoms with Gasteiger partial charge in [-0.15, -0.1) is 11.3 Å². The van der Waals surface area contributed by atoms with Gasteiger partial charge in [-0.3, -0.25) is 4.79 Å². The predicted octanol–water partition coefficient (Wildman–Crippen LogP) is 4.93. The van der Waals surface area contributed by atoms with Crippen LogP contribution in [-0.2, 0) is 6.42 Å². The van der Waals surface area contributed by atoms with Gasteiger partial charge < -0.3 is 5.32 Å². The van der Waals surface area contributed by atoms with E-state index in [1.807, 2.05) is 37.3 Å². The van der Waals surface area contributed by atoms with E-state index < -0.39 is 0 Å². The number of hydrogen-bond donors (Lipinski definition) is 1. The average molecular weight is 348 g/mol. The second-order valence-electron chi connectivity index (χ2n) is 6.42. The van der Waals surface area contributed by atoms with Gasteiger partial charge in [-0.2, -0.15) is 0 Å². The van der Waals surface area contributed by atoms with Gasteiger partial charge in [0.1, 0.15) is 9.88 Å². The van der Waals surface area contributed by atoms with Gasteiger partial charge in [0.25, 0.3) is 5.91 Å². The summed E-state index contributed by atoms with van der Waals surface area (Å²) < 4.78 is 0. The highest BCUT2D eigenvalue weighted by molar-refractivity contribution is 7.17. The molecule has 1 aliphatic carbocycles. The fourth-order valence-electron chi connectivity index (χ4n) is 3.44. The molecule has 0 unspecified atom stereocenters. The molecule has 0 spiro atoms. The minimum atomic E-state index is -0.0149. The number of hydrogen-bond acceptors (Lipinski definition) is 3. The number of thiazole rings is 1. The topological polar surface area (TPSA) is 42.0 Å². The monoisotopic (exact) mass is 348 g/mol. The Labute approximate surface area is 151 Å². The van der Waals surface area contributed by atoms with E-state index in [9.17, 15) is 4.79 Å². The predicted molar refractivity (Wildman–Crippen MR) is 102 cm³/mol. The van der Waals surface area contributed by atoms with Crippen LogP contribution in [0.25, 0.3) is 10.6 Å². The minimum absolute atomic E-state index is 0.0149. The first-order valence-electron chi connectivity index (χ1n) is 8.64. The molecule has 0 saturated heterocycles. The first-order valence-corrected chi connectivity index (χ1v) is 9.45. The van der Waals surface area contributed by atoms with Gasteiger partial charge >= 0.3 is 0 Å². The summed E-state index contributed by atoms with van der Waals surface area (Å²) in [4.78, 5) is 18.2. The minimum Gasteiger partial charge on any atom is -0.344 e. The standard InChI is InChI=1S/C21H20N2OS/c1-14-19(25-21(22-14)16-9-3-2-4-10-16)20(24)23-18-13-7-11-15-8-5-6-12-17(15)18/h2-6,8-10,12,18H,7,11,13H2,1H3,(H,23,24)/t18-/m0/s1. The van der Waals surface area contributed by atoms with Crippen molar-refractivity contribution >= 4 is 17.2 Å². The SMILES string of the molecule is Cc1nc(-c2ccccc2)sc1C(=O)N[C@H]1CCCc2ccccc21. The molecule has 0 fully saturated rings. The maximum Gasteiger partial charge on any atom is 0.263 e. The third kappa shape index (κ3) is 3.22. The first kappa shape index (κ1) is 16.0. The molecule has 1 atom stereocenters. The van der Waals surface area contributed by atoms with Crippen molar-refractivity contribution in [1.29, 1.82) is 0 Å². The summed E-state index contributed by atoms with van der Waals surface area (Å²) >= 11 is 1.47. The van der Waals surface area contributed by atoms with E-state index in [0.717, 1.165) is 35.5 Å². The molecular weight excluding hydrogens is 328 g/mol. The van der Waals surface area contributed by atoms with Crippen LogP contribution in [-0.4, -0.2) is 10.9 Å². The molecule has 1 N–H and O–H groups in total. The number of benzene rings is 2. The van der Waals surface area contributed by atoms with E-state index in [-0.39, 0.29) is 11.9 Å². The van der Waals surface area contributed by atoms with Gasteiger partial charge in [0, 0.05) is 5.56 Å². The Balaban J connectivity index is 1.58. The van der Waals surface area contributed by atoms with Crippen molar-refractivity contribution in [3.05, 3.63) is 76.3 Å². The molecular formula is C21H20N2OS. The Morgan fingerprint density at radius 2 is 1.88 bits per heavy atom. The second kappa shape index (κ2) is 6.81. The number of nitrogens with zero attached hydrogens (tertiary/aromatic N) is 1. The third-order valence-corrected chi connectivity index (χ3v) is 5.90. The van der Waals surface area contributed by atoms with Crippen molar-refractivity contribution in [2.75, 3.05) is 0 Å². The summed E-state index contributed by atoms with van der Waals surface area (Å²) in [6.07, 6.45) is 3.20. The molecule has 3 nitrogen and oxygen atoms in total. The molecule has 0 aliphatic heterocycles. The van der Waals surface area contributed by atoms with Gasteiger partial charge in [0.15, 0.2) is 0 Å². The summed E-state index contributed by atoms with van der Waals surface area (Å²) in [7, 11) is 0. The molecule has 3 aromatic rings. The van der Waals surface area contributed by atoms with Gasteiger partial charge in [0.05, 0.1) is 11.7 Å². The number of fused-ring (bicyclic) bond motifs is 1. The lowest BCUT2D eigenvalue weighted by atomic mass is 9.88. The maximum atomic E-state index is 12.8. The van der Waals surface area contributed by atoms with Gasteiger partial charge in [0.2, 0.25) is 0 Å². The van der Waals surface area contributed by atoms with E-state index in [4.69, 9.17) is 0 Å². The number of nitrogens with one attached hydrogen (secondary N) is 1. The Hall–Kier alpha value is -2.46. The third-order valence-electron chi connectivity index (χ3n) is 4.70. The first-order chi connectivity index (χ1) is 12.2. The normalized spacial score (nSPS) is 16.3. The summed E-state index contributed by atoms with van der Waals surface area (Å²) in [5, 5.41) is 4.12. The molecule has 1 aliphatic rings. The second-order valence-corrected chi connectivity index (χ2v) is 7.42. The van der Waals surface area contributed by atoms with Crippen molar-refractivity contribution < 1.29 is 4.79 Å². The number of aryl methyl sites for hydroxylation is 2. The van der Waals surface area contributed by atoms with Crippen LogP contribution < -0.4 is 5.32 Å². The van der Waals surface area contributed by atoms with Gasteiger partial charge in [-0.1, -0.05) is 54.6 Å². The number of rotatable bonds is 3. The van der Waals surface area contributed by atoms with Crippen molar-refractivity contribution in [1.82, 2.24) is 10.3 Å². The van der Waals surface area contributed by atoms with Crippen LogP contribution in [0, 0.1) is 6.92 Å². The van der Waals surface area contributed by atoms with E-state index >= 15 is 0 Å². The van der Waals surface area contributed by atoms with Crippen LogP contribution in [0.3, 0.4) is 0 Å². The van der Waals surface area contributed by atoms with E-state index in [1.165, 1.54) is 22.5 Å². The lowest BCUT2D eigenvalue weighted by molar-refractivity contribution is 0.0936. The fourth-order valence-corrected chi connectivity index (χ4v) is 4.41. The Kier molecular flexibility index (Phi) is 4.36. The highest BCUT2D eigenvalue weighted by atomic mass is 32.1. The van der Waals surface area contributed by atoms with Crippen LogP contribution in [0.2, 0.25) is 0 Å². The van der Waals surface area contributed by atoms with Crippen molar-refractivity contribution in [2.45, 2.75) is 32.2 Å². The zero-order valence-electron chi connectivity index (χ0n) is 14.2. The summed E-state index contributed by atoms with van der Waals surface area (Å²) in [5.41, 5.74) is 4.46. The number of amides is 1. The highest BCUT2D eigenvalue weighted by Gasteiger charge is 2.24. The number of aromatic nitrogens is 1. The zero-order valence-corrected chi connectivity index (χ0v) is 15.0. The number of carbonyl (C=O) groups is 1. The van der Waals surface area contributed by atoms with Crippen molar-refractivity contribution in [2.24, 2.45) is 0 Å². The molecule has 1 amide bonds. The lowest BCUT2D eigenvalue weighted by Gasteiger charge is -2.26. The zero-order chi connectivity index (χ0) is 17.2. The van der Waals surface area contributed by atoms with Crippen LogP contribution in [0.5, 0.6) is 0 Å². The highest BCUT2D eigenvalue weighted by Crippen LogP contribution is 2.31. The molecule has 0 saturated carbocycles. The fraction of sp³-hybridized carbons (Fsp3) is 0.238. The van der Waals surface area contributed by atoms with Crippen molar-refractivity contribution in [3.63, 3.8) is 0 Å². The van der Waals surface area contributed by atoms with E-state index in [0.29, 0.717) is 4.88 Å². The molecule has 0 radical (unpaired) electrons. The van der Waals surface area contributed by atoms with E-state index in [2.05, 4.69) is 34.6 Å². The smallest absolute Gasteiger partial charge is 0.263 e. The van der Waals surface area contributed by atoms with Gasteiger partial charge in [-0.25, -0.2) is 4.98 Å². The lowest BCUT2D eigenvalue weighted by Crippen LogP contribution is -2.30. The summed E-state index contributed by atoms with van der Waals surface area (Å²) in [6, 6.07) is 18.5. The van der Waals surface area contributed by atoms with Crippen molar-refractivity contribution in [3.8, 4) is 10.6 Å². The van der Waals surface area contributed by atoms with Crippen LogP contribution in [0.4, 0.5) is 0 Å². The molecule has 0 bridgehead atoms. The average Bonchev–Trinajstić information content (AvgIpc) is 3.05. The Morgan fingerprint density at radius 1 is 1.12 bits per heavy atom. The molecule has 1 heterocycles. The Morgan fingerprint density at radius 3 is 2.72 bits per heavy atom. The summed E-state index contributed by atoms with van der Waals surface area (Å²) in [6.45, 7) is 1.91. The number of carbonyl (C=O) groups excluding carboxylic acids is 1. The largest absolute Gasteiger partial charge is 0.344 e. The van der Waals surface area contributed by atoms with Gasteiger partial charge in [-0.05, 0) is 37.3 Å². The summed E-state index contributed by atoms with van der Waals surface area (Å²) in [5.74, 6) is -0.0149. The van der Waals surface area contributed by atoms with E-state index in [1.54, 1.807) is 0 Å². The molecule has 126 valence electrons. The van der Waals surface area contributed by atoms with Crippen LogP contribution in [0.1, 0.15) is 45.4 Å². The molecule has 1 aromatic heterocycles. The maximum absolute atomic E-state index is 12.8. The quantitative estimate of drug-likeness (QED) is 0.729. The molecule has 2 aromatic carbocycles. The van der Waals surface area contributed by atoms with Crippen LogP contribution >= 0.6 is 11.3 Å². The molecule has 25 heavy (non-hydrogen) atoms. The van der Waals surface area contributed by atoms with Crippen LogP contribution in [0.15, 0.2) is 54.6 Å². The Bertz CT molecular complexity index is 901. The molecule has 4 heteroatoms. The molecule has 4 rings (SSSR count).